The van der Waals surface area contributed by atoms with Crippen LogP contribution in [0.4, 0.5) is 0 Å². The Bertz CT molecular complexity index is 814. The molecule has 3 heterocycles. The Morgan fingerprint density at radius 1 is 1.18 bits per heavy atom. The quantitative estimate of drug-likeness (QED) is 0.492. The number of aromatic nitrogens is 2. The molecule has 0 bridgehead atoms. The summed E-state index contributed by atoms with van der Waals surface area (Å²) in [6, 6.07) is 0. The number of hydrogen-bond acceptors (Lipinski definition) is 6. The van der Waals surface area contributed by atoms with Crippen molar-refractivity contribution in [1.82, 2.24) is 20.0 Å². The summed E-state index contributed by atoms with van der Waals surface area (Å²) in [5.41, 5.74) is 2.66. The van der Waals surface area contributed by atoms with Crippen LogP contribution in [0.3, 0.4) is 0 Å². The van der Waals surface area contributed by atoms with E-state index < -0.39 is 0 Å². The van der Waals surface area contributed by atoms with Gasteiger partial charge in [-0.2, -0.15) is 5.10 Å². The van der Waals surface area contributed by atoms with E-state index in [1.165, 1.54) is 0 Å². The second-order valence-corrected chi connectivity index (χ2v) is 8.82. The van der Waals surface area contributed by atoms with E-state index in [9.17, 15) is 14.4 Å². The molecule has 1 saturated heterocycles. The van der Waals surface area contributed by atoms with E-state index in [1.54, 1.807) is 11.8 Å². The molecule has 1 N–H and O–H groups in total. The lowest BCUT2D eigenvalue weighted by atomic mass is 9.97. The summed E-state index contributed by atoms with van der Waals surface area (Å²) in [6.45, 7) is 7.79. The van der Waals surface area contributed by atoms with E-state index in [-0.39, 0.29) is 23.7 Å². The lowest BCUT2D eigenvalue weighted by Gasteiger charge is -2.30. The van der Waals surface area contributed by atoms with Crippen molar-refractivity contribution in [2.45, 2.75) is 71.8 Å². The Hall–Kier alpha value is -2.42. The molecule has 0 unspecified atom stereocenters. The SMILES string of the molecule is CCn1nc(CCCCOC(=O)C2CCN(C(C)=O)CC2)c2c1C(=O)NCCCOCCC2. The van der Waals surface area contributed by atoms with Gasteiger partial charge in [-0.15, -0.1) is 0 Å². The van der Waals surface area contributed by atoms with Gasteiger partial charge in [0.1, 0.15) is 5.69 Å². The number of rotatable bonds is 7. The average molecular weight is 463 g/mol. The van der Waals surface area contributed by atoms with Gasteiger partial charge < -0.3 is 19.7 Å². The van der Waals surface area contributed by atoms with Crippen molar-refractivity contribution in [3.8, 4) is 0 Å². The number of carbonyl (C=O) groups is 3. The summed E-state index contributed by atoms with van der Waals surface area (Å²) in [7, 11) is 0. The maximum atomic E-state index is 12.8. The van der Waals surface area contributed by atoms with Crippen molar-refractivity contribution >= 4 is 17.8 Å². The van der Waals surface area contributed by atoms with Crippen molar-refractivity contribution in [1.29, 1.82) is 0 Å². The lowest BCUT2D eigenvalue weighted by Crippen LogP contribution is -2.39. The molecule has 0 aromatic carbocycles. The van der Waals surface area contributed by atoms with Crippen LogP contribution in [0.1, 0.15) is 74.1 Å². The zero-order valence-corrected chi connectivity index (χ0v) is 20.1. The van der Waals surface area contributed by atoms with E-state index >= 15 is 0 Å². The van der Waals surface area contributed by atoms with E-state index in [0.29, 0.717) is 64.5 Å². The number of nitrogens with one attached hydrogen (secondary N) is 1. The van der Waals surface area contributed by atoms with Crippen LogP contribution in [-0.4, -0.2) is 71.9 Å². The molecule has 33 heavy (non-hydrogen) atoms. The Labute approximate surface area is 196 Å². The number of amides is 2. The van der Waals surface area contributed by atoms with Gasteiger partial charge in [-0.3, -0.25) is 19.1 Å². The first-order valence-electron chi connectivity index (χ1n) is 12.4. The van der Waals surface area contributed by atoms with Gasteiger partial charge in [-0.1, -0.05) is 0 Å². The second kappa shape index (κ2) is 12.7. The fourth-order valence-electron chi connectivity index (χ4n) is 4.52. The minimum absolute atomic E-state index is 0.0581. The number of likely N-dealkylation sites (tertiary alicyclic amines) is 1. The fraction of sp³-hybridized carbons (Fsp3) is 0.750. The number of nitrogens with zero attached hydrogens (tertiary/aromatic N) is 3. The standard InChI is InChI=1S/C24H38N4O5/c1-3-28-22-20(8-6-15-32-16-7-12-25-23(22)30)21(26-28)9-4-5-17-33-24(31)19-10-13-27(14-11-19)18(2)29/h19H,3-17H2,1-2H3,(H,25,30). The molecule has 2 amide bonds. The highest BCUT2D eigenvalue weighted by molar-refractivity contribution is 5.94. The van der Waals surface area contributed by atoms with Gasteiger partial charge in [0.2, 0.25) is 5.91 Å². The summed E-state index contributed by atoms with van der Waals surface area (Å²) < 4.78 is 13.0. The molecule has 1 fully saturated rings. The van der Waals surface area contributed by atoms with Gasteiger partial charge in [0.25, 0.3) is 5.91 Å². The first kappa shape index (κ1) is 25.2. The van der Waals surface area contributed by atoms with Crippen LogP contribution in [0, 0.1) is 5.92 Å². The van der Waals surface area contributed by atoms with Crippen LogP contribution >= 0.6 is 0 Å². The first-order chi connectivity index (χ1) is 16.0. The molecule has 1 aromatic heterocycles. The maximum absolute atomic E-state index is 12.8. The van der Waals surface area contributed by atoms with Crippen LogP contribution in [0.2, 0.25) is 0 Å². The van der Waals surface area contributed by atoms with Gasteiger partial charge in [-0.25, -0.2) is 0 Å². The predicted molar refractivity (Wildman–Crippen MR) is 123 cm³/mol. The smallest absolute Gasteiger partial charge is 0.309 e. The summed E-state index contributed by atoms with van der Waals surface area (Å²) in [5.74, 6) is -0.262. The topological polar surface area (TPSA) is 103 Å². The third kappa shape index (κ3) is 7.03. The van der Waals surface area contributed by atoms with Gasteiger partial charge in [0.15, 0.2) is 0 Å². The number of piperidine rings is 1. The number of hydrogen-bond donors (Lipinski definition) is 1. The third-order valence-corrected chi connectivity index (χ3v) is 6.44. The molecule has 184 valence electrons. The van der Waals surface area contributed by atoms with Crippen molar-refractivity contribution in [3.63, 3.8) is 0 Å². The minimum atomic E-state index is -0.154. The molecule has 0 aliphatic carbocycles. The average Bonchev–Trinajstić information content (AvgIpc) is 3.15. The molecule has 9 nitrogen and oxygen atoms in total. The second-order valence-electron chi connectivity index (χ2n) is 8.82. The summed E-state index contributed by atoms with van der Waals surface area (Å²) in [6.07, 6.45) is 6.12. The Morgan fingerprint density at radius 3 is 2.67 bits per heavy atom. The van der Waals surface area contributed by atoms with Gasteiger partial charge in [0, 0.05) is 51.9 Å². The number of aryl methyl sites for hydroxylation is 2. The molecule has 0 atom stereocenters. The fourth-order valence-corrected chi connectivity index (χ4v) is 4.52. The number of carbonyl (C=O) groups excluding carboxylic acids is 3. The highest BCUT2D eigenvalue weighted by atomic mass is 16.5. The van der Waals surface area contributed by atoms with Crippen LogP contribution in [0.15, 0.2) is 0 Å². The Balaban J connectivity index is 1.49. The van der Waals surface area contributed by atoms with E-state index in [4.69, 9.17) is 14.6 Å². The van der Waals surface area contributed by atoms with Crippen molar-refractivity contribution in [2.75, 3.05) is 39.5 Å². The third-order valence-electron chi connectivity index (χ3n) is 6.44. The molecule has 0 spiro atoms. The highest BCUT2D eigenvalue weighted by Gasteiger charge is 2.27. The van der Waals surface area contributed by atoms with Crippen LogP contribution < -0.4 is 5.32 Å². The molecule has 3 rings (SSSR count). The largest absolute Gasteiger partial charge is 0.465 e. The molecule has 9 heteroatoms. The van der Waals surface area contributed by atoms with E-state index in [1.807, 2.05) is 11.6 Å². The molecular formula is C24H38N4O5. The van der Waals surface area contributed by atoms with Crippen LogP contribution in [0.25, 0.3) is 0 Å². The Morgan fingerprint density at radius 2 is 1.94 bits per heavy atom. The van der Waals surface area contributed by atoms with Crippen molar-refractivity contribution in [3.05, 3.63) is 17.0 Å². The predicted octanol–water partition coefficient (Wildman–Crippen LogP) is 2.11. The molecular weight excluding hydrogens is 424 g/mol. The normalized spacial score (nSPS) is 18.2. The molecule has 0 saturated carbocycles. The maximum Gasteiger partial charge on any atom is 0.309 e. The highest BCUT2D eigenvalue weighted by Crippen LogP contribution is 2.21. The van der Waals surface area contributed by atoms with Gasteiger partial charge >= 0.3 is 5.97 Å². The monoisotopic (exact) mass is 462 g/mol. The van der Waals surface area contributed by atoms with E-state index in [0.717, 1.165) is 49.8 Å². The summed E-state index contributed by atoms with van der Waals surface area (Å²) >= 11 is 0. The minimum Gasteiger partial charge on any atom is -0.465 e. The summed E-state index contributed by atoms with van der Waals surface area (Å²) in [5, 5.41) is 7.73. The molecule has 2 aliphatic heterocycles. The van der Waals surface area contributed by atoms with E-state index in [2.05, 4.69) is 5.32 Å². The first-order valence-corrected chi connectivity index (χ1v) is 12.4. The molecule has 2 aliphatic rings. The summed E-state index contributed by atoms with van der Waals surface area (Å²) in [4.78, 5) is 38.3. The lowest BCUT2D eigenvalue weighted by molar-refractivity contribution is -0.151. The number of esters is 1. The van der Waals surface area contributed by atoms with Crippen LogP contribution in [0.5, 0.6) is 0 Å². The zero-order chi connectivity index (χ0) is 23.6. The number of fused-ring (bicyclic) bond motifs is 1. The van der Waals surface area contributed by atoms with Gasteiger partial charge in [0.05, 0.1) is 18.2 Å². The molecule has 0 radical (unpaired) electrons. The van der Waals surface area contributed by atoms with Gasteiger partial charge in [-0.05, 0) is 58.3 Å². The molecule has 1 aromatic rings. The number of ether oxygens (including phenoxy) is 2. The zero-order valence-electron chi connectivity index (χ0n) is 20.1. The number of unbranched alkanes of at least 4 members (excludes halogenated alkanes) is 1. The van der Waals surface area contributed by atoms with Crippen LogP contribution in [-0.2, 0) is 38.4 Å². The van der Waals surface area contributed by atoms with Crippen molar-refractivity contribution < 1.29 is 23.9 Å². The van der Waals surface area contributed by atoms with Crippen molar-refractivity contribution in [2.24, 2.45) is 5.92 Å². The Kier molecular flexibility index (Phi) is 9.72.